The van der Waals surface area contributed by atoms with Gasteiger partial charge in [0.1, 0.15) is 22.6 Å². The smallest absolute Gasteiger partial charge is 0.160 e. The normalized spacial score (nSPS) is 10.8. The van der Waals surface area contributed by atoms with E-state index in [-0.39, 0.29) is 0 Å². The molecule has 55 heavy (non-hydrogen) atoms. The number of rotatable bonds is 8. The summed E-state index contributed by atoms with van der Waals surface area (Å²) in [7, 11) is 0. The highest BCUT2D eigenvalue weighted by Gasteiger charge is 2.12. The Bertz CT molecular complexity index is 2520. The molecule has 6 aromatic heterocycles. The molecule has 0 aliphatic carbocycles. The van der Waals surface area contributed by atoms with E-state index in [9.17, 15) is 8.78 Å². The van der Waals surface area contributed by atoms with Crippen molar-refractivity contribution in [3.05, 3.63) is 149 Å². The van der Waals surface area contributed by atoms with Gasteiger partial charge in [-0.3, -0.25) is 9.97 Å². The van der Waals surface area contributed by atoms with Gasteiger partial charge < -0.3 is 22.5 Å². The Morgan fingerprint density at radius 1 is 0.636 bits per heavy atom. The van der Waals surface area contributed by atoms with Gasteiger partial charge in [0, 0.05) is 64.7 Å². The lowest BCUT2D eigenvalue weighted by Gasteiger charge is -2.11. The van der Waals surface area contributed by atoms with Crippen LogP contribution in [0.15, 0.2) is 110 Å². The zero-order valence-electron chi connectivity index (χ0n) is 30.2. The van der Waals surface area contributed by atoms with Gasteiger partial charge in [-0.15, -0.1) is 0 Å². The van der Waals surface area contributed by atoms with Gasteiger partial charge in [-0.25, -0.2) is 23.3 Å². The molecule has 0 amide bonds. The maximum absolute atomic E-state index is 13.6. The summed E-state index contributed by atoms with van der Waals surface area (Å²) in [4.78, 5) is 16.8. The molecule has 8 aromatic rings. The predicted molar refractivity (Wildman–Crippen MR) is 213 cm³/mol. The second kappa shape index (κ2) is 17.5. The van der Waals surface area contributed by atoms with Crippen LogP contribution in [0.5, 0.6) is 0 Å². The van der Waals surface area contributed by atoms with Crippen LogP contribution in [0, 0.1) is 25.5 Å². The molecule has 0 atom stereocenters. The van der Waals surface area contributed by atoms with Crippen LogP contribution < -0.4 is 22.5 Å². The Kier molecular flexibility index (Phi) is 12.2. The molecule has 7 N–H and O–H groups in total. The fourth-order valence-corrected chi connectivity index (χ4v) is 5.73. The summed E-state index contributed by atoms with van der Waals surface area (Å²) in [5, 5.41) is 12.3. The van der Waals surface area contributed by atoms with Crippen molar-refractivity contribution in [3.8, 4) is 22.5 Å². The molecule has 2 aromatic carbocycles. The number of benzene rings is 2. The van der Waals surface area contributed by atoms with E-state index in [2.05, 4.69) is 35.5 Å². The maximum Gasteiger partial charge on any atom is 0.160 e. The lowest BCUT2D eigenvalue weighted by atomic mass is 10.1. The van der Waals surface area contributed by atoms with E-state index < -0.39 is 11.6 Å². The molecule has 0 aliphatic rings. The number of hydrogen-bond acceptors (Lipinski definition) is 10. The number of nitrogens with two attached hydrogens (primary N) is 3. The van der Waals surface area contributed by atoms with E-state index in [1.807, 2.05) is 68.4 Å². The van der Waals surface area contributed by atoms with Crippen LogP contribution in [-0.4, -0.2) is 52.3 Å². The van der Waals surface area contributed by atoms with Crippen molar-refractivity contribution in [2.24, 2.45) is 5.73 Å². The third kappa shape index (κ3) is 9.73. The highest BCUT2D eigenvalue weighted by Crippen LogP contribution is 2.25. The van der Waals surface area contributed by atoms with E-state index in [0.717, 1.165) is 53.0 Å². The fourth-order valence-electron chi connectivity index (χ4n) is 5.50. The molecule has 0 unspecified atom stereocenters. The molecule has 280 valence electrons. The van der Waals surface area contributed by atoms with Gasteiger partial charge in [-0.05, 0) is 80.8 Å². The second-order valence-corrected chi connectivity index (χ2v) is 13.0. The highest BCUT2D eigenvalue weighted by molar-refractivity contribution is 6.30. The first-order valence-electron chi connectivity index (χ1n) is 17.3. The van der Waals surface area contributed by atoms with Crippen molar-refractivity contribution in [2.45, 2.75) is 26.7 Å². The van der Waals surface area contributed by atoms with Gasteiger partial charge in [0.2, 0.25) is 0 Å². The Labute approximate surface area is 321 Å². The molecular formula is C40H39ClF2N12. The molecular weight excluding hydrogens is 722 g/mol. The standard InChI is InChI=1S/C20H19FN6.C12H8ClFN4.C8H12N2/c1-13-10-25-27-19(24-7-6-14-2-4-17(22)5-3-14)9-18(26-20(13)27)15-8-16(21)12-23-11-15;1-7-4-16-18-11(13)3-10(17-12(7)18)8-2-9(14)6-15-5-8;9-6-5-7-1-3-8(10)4-2-7/h2-5,8-12,24H,6-7,22H2,1H3;2-6H,1H3;1-4H,5-6,9-10H2. The van der Waals surface area contributed by atoms with Crippen LogP contribution in [0.25, 0.3) is 33.8 Å². The number of aromatic nitrogens is 8. The van der Waals surface area contributed by atoms with Crippen molar-refractivity contribution in [1.82, 2.24) is 39.2 Å². The highest BCUT2D eigenvalue weighted by atomic mass is 35.5. The Morgan fingerprint density at radius 2 is 1.13 bits per heavy atom. The molecule has 0 saturated carbocycles. The van der Waals surface area contributed by atoms with E-state index in [0.29, 0.717) is 46.4 Å². The van der Waals surface area contributed by atoms with Gasteiger partial charge in [0.05, 0.1) is 36.2 Å². The number of aryl methyl sites for hydroxylation is 2. The van der Waals surface area contributed by atoms with E-state index in [1.165, 1.54) is 34.0 Å². The summed E-state index contributed by atoms with van der Waals surface area (Å²) in [5.41, 5.74) is 26.2. The van der Waals surface area contributed by atoms with Crippen LogP contribution in [0.4, 0.5) is 26.0 Å². The number of anilines is 3. The van der Waals surface area contributed by atoms with Gasteiger partial charge in [-0.2, -0.15) is 14.7 Å². The van der Waals surface area contributed by atoms with Crippen molar-refractivity contribution < 1.29 is 8.78 Å². The van der Waals surface area contributed by atoms with Crippen molar-refractivity contribution in [2.75, 3.05) is 29.9 Å². The third-order valence-corrected chi connectivity index (χ3v) is 8.64. The summed E-state index contributed by atoms with van der Waals surface area (Å²) < 4.78 is 30.0. The van der Waals surface area contributed by atoms with Gasteiger partial charge >= 0.3 is 0 Å². The minimum Gasteiger partial charge on any atom is -0.399 e. The molecule has 0 radical (unpaired) electrons. The van der Waals surface area contributed by atoms with E-state index >= 15 is 0 Å². The summed E-state index contributed by atoms with van der Waals surface area (Å²) >= 11 is 6.11. The SMILES string of the molecule is Cc1cnn2c(Cl)cc(-c3cncc(F)c3)nc12.Cc1cnn2c(NCCc3ccc(N)cc3)cc(-c3cncc(F)c3)nc12.NCCc1ccc(N)cc1. The lowest BCUT2D eigenvalue weighted by molar-refractivity contribution is 0.621. The molecule has 0 bridgehead atoms. The third-order valence-electron chi connectivity index (χ3n) is 8.37. The molecule has 0 aliphatic heterocycles. The minimum atomic E-state index is -0.407. The van der Waals surface area contributed by atoms with Crippen molar-refractivity contribution in [3.63, 3.8) is 0 Å². The first-order chi connectivity index (χ1) is 26.6. The van der Waals surface area contributed by atoms with Crippen LogP contribution >= 0.6 is 11.6 Å². The Hall–Kier alpha value is -6.51. The number of nitrogens with zero attached hydrogens (tertiary/aromatic N) is 8. The average Bonchev–Trinajstić information content (AvgIpc) is 3.76. The molecule has 0 saturated heterocycles. The monoisotopic (exact) mass is 760 g/mol. The summed E-state index contributed by atoms with van der Waals surface area (Å²) in [6.07, 6.45) is 10.7. The molecule has 8 rings (SSSR count). The first-order valence-corrected chi connectivity index (χ1v) is 17.7. The molecule has 0 spiro atoms. The summed E-state index contributed by atoms with van der Waals surface area (Å²) in [6.45, 7) is 5.24. The fraction of sp³-hybridized carbons (Fsp3) is 0.150. The maximum atomic E-state index is 13.6. The zero-order valence-corrected chi connectivity index (χ0v) is 30.9. The molecule has 0 fully saturated rings. The quantitative estimate of drug-likeness (QED) is 0.0920. The number of halogens is 3. The van der Waals surface area contributed by atoms with Crippen LogP contribution in [0.2, 0.25) is 5.15 Å². The Morgan fingerprint density at radius 3 is 1.65 bits per heavy atom. The zero-order chi connectivity index (χ0) is 38.9. The summed E-state index contributed by atoms with van der Waals surface area (Å²) in [5.74, 6) is -0.00408. The number of nitrogens with one attached hydrogen (secondary N) is 1. The van der Waals surface area contributed by atoms with Crippen molar-refractivity contribution in [1.29, 1.82) is 0 Å². The Balaban J connectivity index is 0.000000157. The van der Waals surface area contributed by atoms with E-state index in [1.54, 1.807) is 35.4 Å². The van der Waals surface area contributed by atoms with Crippen LogP contribution in [-0.2, 0) is 12.8 Å². The van der Waals surface area contributed by atoms with Crippen LogP contribution in [0.1, 0.15) is 22.3 Å². The molecule has 15 heteroatoms. The molecule has 12 nitrogen and oxygen atoms in total. The number of fused-ring (bicyclic) bond motifs is 2. The van der Waals surface area contributed by atoms with Gasteiger partial charge in [0.15, 0.2) is 11.3 Å². The average molecular weight is 761 g/mol. The number of nitrogen functional groups attached to an aromatic ring is 2. The van der Waals surface area contributed by atoms with Gasteiger partial charge in [0.25, 0.3) is 0 Å². The predicted octanol–water partition coefficient (Wildman–Crippen LogP) is 7.14. The number of pyridine rings is 2. The first kappa shape index (κ1) is 38.2. The van der Waals surface area contributed by atoms with Gasteiger partial charge in [-0.1, -0.05) is 35.9 Å². The topological polar surface area (TPSA) is 176 Å². The molecule has 6 heterocycles. The minimum absolute atomic E-state index is 0.391. The van der Waals surface area contributed by atoms with Crippen LogP contribution in [0.3, 0.4) is 0 Å². The van der Waals surface area contributed by atoms with Crippen molar-refractivity contribution >= 4 is 40.1 Å². The largest absolute Gasteiger partial charge is 0.399 e. The lowest BCUT2D eigenvalue weighted by Crippen LogP contribution is -2.10. The summed E-state index contributed by atoms with van der Waals surface area (Å²) in [6, 6.07) is 21.9. The number of hydrogen-bond donors (Lipinski definition) is 4. The van der Waals surface area contributed by atoms with E-state index in [4.69, 9.17) is 28.8 Å². The second-order valence-electron chi connectivity index (χ2n) is 12.6.